The average molecular weight is 256 g/mol. The molecule has 1 rings (SSSR count). The second kappa shape index (κ2) is 7.20. The molecule has 1 fully saturated rings. The summed E-state index contributed by atoms with van der Waals surface area (Å²) in [5.74, 6) is -0.0139. The monoisotopic (exact) mass is 256 g/mol. The summed E-state index contributed by atoms with van der Waals surface area (Å²) in [6.07, 6.45) is 2.68. The van der Waals surface area contributed by atoms with Crippen LogP contribution < -0.4 is 5.32 Å². The molecule has 102 valence electrons. The number of nitrogens with one attached hydrogen (secondary N) is 1. The Balaban J connectivity index is 2.58. The van der Waals surface area contributed by atoms with Gasteiger partial charge in [0.1, 0.15) is 5.54 Å². The largest absolute Gasteiger partial charge is 0.468 e. The highest BCUT2D eigenvalue weighted by atomic mass is 16.5. The molecule has 7 nitrogen and oxygen atoms in total. The number of ether oxygens (including phenoxy) is 2. The zero-order valence-corrected chi connectivity index (χ0v) is 10.9. The van der Waals surface area contributed by atoms with E-state index < -0.39 is 5.54 Å². The van der Waals surface area contributed by atoms with Crippen molar-refractivity contribution in [3.8, 4) is 0 Å². The van der Waals surface area contributed by atoms with E-state index in [1.165, 1.54) is 7.11 Å². The molecule has 1 aliphatic carbocycles. The van der Waals surface area contributed by atoms with Gasteiger partial charge in [0.15, 0.2) is 0 Å². The minimum absolute atomic E-state index is 0.268. The fourth-order valence-electron chi connectivity index (χ4n) is 2.10. The fourth-order valence-corrected chi connectivity index (χ4v) is 2.10. The van der Waals surface area contributed by atoms with E-state index in [-0.39, 0.29) is 11.9 Å². The number of methoxy groups -OCH3 is 2. The van der Waals surface area contributed by atoms with Gasteiger partial charge in [-0.25, -0.2) is 4.79 Å². The molecule has 7 heteroatoms. The summed E-state index contributed by atoms with van der Waals surface area (Å²) < 4.78 is 10.0. The van der Waals surface area contributed by atoms with Crippen LogP contribution in [0.25, 0.3) is 10.4 Å². The van der Waals surface area contributed by atoms with Gasteiger partial charge in [-0.3, -0.25) is 5.32 Å². The summed E-state index contributed by atoms with van der Waals surface area (Å²) in [5.41, 5.74) is 7.43. The number of hydrogen-bond donors (Lipinski definition) is 1. The lowest BCUT2D eigenvalue weighted by atomic mass is 9.94. The van der Waals surface area contributed by atoms with Crippen molar-refractivity contribution in [3.05, 3.63) is 10.4 Å². The second-order valence-electron chi connectivity index (χ2n) is 4.41. The van der Waals surface area contributed by atoms with Gasteiger partial charge in [0, 0.05) is 18.6 Å². The van der Waals surface area contributed by atoms with E-state index >= 15 is 0 Å². The van der Waals surface area contributed by atoms with Crippen LogP contribution in [0.4, 0.5) is 0 Å². The molecule has 0 aromatic rings. The number of nitrogens with zero attached hydrogens (tertiary/aromatic N) is 3. The summed E-state index contributed by atoms with van der Waals surface area (Å²) in [7, 11) is 2.96. The zero-order valence-electron chi connectivity index (χ0n) is 10.9. The number of rotatable bonds is 9. The number of carbonyl (C=O) groups is 1. The van der Waals surface area contributed by atoms with E-state index in [1.54, 1.807) is 7.11 Å². The molecule has 0 aromatic heterocycles. The molecule has 0 spiro atoms. The van der Waals surface area contributed by atoms with Crippen LogP contribution in [-0.4, -0.2) is 45.4 Å². The Morgan fingerprint density at radius 3 is 2.78 bits per heavy atom. The Bertz CT molecular complexity index is 326. The Kier molecular flexibility index (Phi) is 5.91. The van der Waals surface area contributed by atoms with Crippen molar-refractivity contribution in [1.29, 1.82) is 0 Å². The fraction of sp³-hybridized carbons (Fsp3) is 0.909. The topological polar surface area (TPSA) is 96.3 Å². The van der Waals surface area contributed by atoms with Crippen LogP contribution in [0.1, 0.15) is 19.3 Å². The highest BCUT2D eigenvalue weighted by Gasteiger charge is 2.51. The molecule has 18 heavy (non-hydrogen) atoms. The summed E-state index contributed by atoms with van der Waals surface area (Å²) in [5, 5.41) is 6.68. The predicted octanol–water partition coefficient (Wildman–Crippen LogP) is 1.24. The van der Waals surface area contributed by atoms with E-state index in [4.69, 9.17) is 15.0 Å². The number of hydrogen-bond acceptors (Lipinski definition) is 5. The van der Waals surface area contributed by atoms with Crippen LogP contribution in [0.15, 0.2) is 5.11 Å². The molecule has 1 atom stereocenters. The maximum absolute atomic E-state index is 12.0. The van der Waals surface area contributed by atoms with Gasteiger partial charge < -0.3 is 9.47 Å². The van der Waals surface area contributed by atoms with E-state index in [1.807, 2.05) is 0 Å². The van der Waals surface area contributed by atoms with Crippen LogP contribution >= 0.6 is 0 Å². The van der Waals surface area contributed by atoms with Crippen molar-refractivity contribution < 1.29 is 14.3 Å². The smallest absolute Gasteiger partial charge is 0.328 e. The van der Waals surface area contributed by atoms with Crippen LogP contribution in [0.5, 0.6) is 0 Å². The van der Waals surface area contributed by atoms with E-state index in [9.17, 15) is 4.79 Å². The van der Waals surface area contributed by atoms with E-state index in [2.05, 4.69) is 15.3 Å². The molecular weight excluding hydrogens is 236 g/mol. The maximum Gasteiger partial charge on any atom is 0.328 e. The van der Waals surface area contributed by atoms with Gasteiger partial charge >= 0.3 is 5.97 Å². The molecule has 0 saturated heterocycles. The normalized spacial score (nSPS) is 17.7. The summed E-state index contributed by atoms with van der Waals surface area (Å²) in [6, 6.07) is 0. The van der Waals surface area contributed by atoms with Gasteiger partial charge in [0.2, 0.25) is 0 Å². The zero-order chi connectivity index (χ0) is 13.4. The third kappa shape index (κ3) is 3.60. The van der Waals surface area contributed by atoms with Crippen molar-refractivity contribution in [2.75, 3.05) is 33.9 Å². The quantitative estimate of drug-likeness (QED) is 0.221. The Hall–Kier alpha value is -1.30. The molecular formula is C11H20N4O3. The van der Waals surface area contributed by atoms with Crippen LogP contribution in [-0.2, 0) is 14.3 Å². The minimum Gasteiger partial charge on any atom is -0.468 e. The second-order valence-corrected chi connectivity index (χ2v) is 4.41. The SMILES string of the molecule is COCC(NCCCN=[N+]=[N-])(C(=O)OC)C1CC1. The molecule has 0 aromatic carbocycles. The highest BCUT2D eigenvalue weighted by molar-refractivity contribution is 5.82. The summed E-state index contributed by atoms with van der Waals surface area (Å²) in [6.45, 7) is 1.30. The molecule has 1 saturated carbocycles. The first-order chi connectivity index (χ1) is 8.71. The molecule has 0 bridgehead atoms. The number of carbonyl (C=O) groups excluding carboxylic acids is 1. The minimum atomic E-state index is -0.750. The first kappa shape index (κ1) is 14.8. The van der Waals surface area contributed by atoms with Gasteiger partial charge in [-0.2, -0.15) is 0 Å². The van der Waals surface area contributed by atoms with E-state index in [0.29, 0.717) is 26.1 Å². The lowest BCUT2D eigenvalue weighted by molar-refractivity contribution is -0.152. The predicted molar refractivity (Wildman–Crippen MR) is 66.0 cm³/mol. The molecule has 1 N–H and O–H groups in total. The first-order valence-corrected chi connectivity index (χ1v) is 6.04. The van der Waals surface area contributed by atoms with Gasteiger partial charge in [0.05, 0.1) is 13.7 Å². The van der Waals surface area contributed by atoms with Crippen LogP contribution in [0.3, 0.4) is 0 Å². The van der Waals surface area contributed by atoms with Crippen LogP contribution in [0, 0.1) is 5.92 Å². The number of azide groups is 1. The number of esters is 1. The Labute approximate surface area is 106 Å². The van der Waals surface area contributed by atoms with Gasteiger partial charge in [-0.1, -0.05) is 5.11 Å². The Morgan fingerprint density at radius 1 is 1.56 bits per heavy atom. The Morgan fingerprint density at radius 2 is 2.28 bits per heavy atom. The first-order valence-electron chi connectivity index (χ1n) is 6.04. The average Bonchev–Trinajstić information content (AvgIpc) is 3.21. The molecule has 0 amide bonds. The van der Waals surface area contributed by atoms with Crippen molar-refractivity contribution in [2.45, 2.75) is 24.8 Å². The van der Waals surface area contributed by atoms with Gasteiger partial charge in [-0.05, 0) is 37.3 Å². The van der Waals surface area contributed by atoms with Crippen molar-refractivity contribution in [1.82, 2.24) is 5.32 Å². The van der Waals surface area contributed by atoms with Crippen molar-refractivity contribution in [3.63, 3.8) is 0 Å². The molecule has 1 aliphatic rings. The highest BCUT2D eigenvalue weighted by Crippen LogP contribution is 2.40. The van der Waals surface area contributed by atoms with Gasteiger partial charge in [-0.15, -0.1) is 0 Å². The molecule has 0 radical (unpaired) electrons. The lowest BCUT2D eigenvalue weighted by Crippen LogP contribution is -2.58. The maximum atomic E-state index is 12.0. The van der Waals surface area contributed by atoms with Crippen LogP contribution in [0.2, 0.25) is 0 Å². The summed E-state index contributed by atoms with van der Waals surface area (Å²) >= 11 is 0. The van der Waals surface area contributed by atoms with Gasteiger partial charge in [0.25, 0.3) is 0 Å². The molecule has 0 heterocycles. The van der Waals surface area contributed by atoms with E-state index in [0.717, 1.165) is 12.8 Å². The standard InChI is InChI=1S/C11H20N4O3/c1-17-8-11(9-4-5-9,10(16)18-2)13-6-3-7-14-15-12/h9,13H,3-8H2,1-2H3. The molecule has 0 aliphatic heterocycles. The summed E-state index contributed by atoms with van der Waals surface area (Å²) in [4.78, 5) is 14.7. The third-order valence-corrected chi connectivity index (χ3v) is 3.13. The van der Waals surface area contributed by atoms with Crippen molar-refractivity contribution in [2.24, 2.45) is 11.0 Å². The van der Waals surface area contributed by atoms with Crippen molar-refractivity contribution >= 4 is 5.97 Å². The lowest BCUT2D eigenvalue weighted by Gasteiger charge is -2.31. The molecule has 1 unspecified atom stereocenters. The third-order valence-electron chi connectivity index (χ3n) is 3.13.